The van der Waals surface area contributed by atoms with Crippen LogP contribution >= 0.6 is 0 Å². The zero-order valence-electron chi connectivity index (χ0n) is 10.6. The van der Waals surface area contributed by atoms with Crippen LogP contribution in [0.4, 0.5) is 17.1 Å². The Bertz CT molecular complexity index is 748. The summed E-state index contributed by atoms with van der Waals surface area (Å²) in [6.45, 7) is 0. The van der Waals surface area contributed by atoms with Gasteiger partial charge in [0.25, 0.3) is 5.69 Å². The molecule has 0 aliphatic heterocycles. The average molecular weight is 283 g/mol. The fourth-order valence-corrected chi connectivity index (χ4v) is 1.72. The van der Waals surface area contributed by atoms with Crippen LogP contribution in [0.1, 0.15) is 15.9 Å². The van der Waals surface area contributed by atoms with Crippen molar-refractivity contribution in [1.82, 2.24) is 0 Å². The molecule has 0 bridgehead atoms. The first-order valence-corrected chi connectivity index (χ1v) is 5.80. The molecule has 0 amide bonds. The highest BCUT2D eigenvalue weighted by atomic mass is 16.6. The van der Waals surface area contributed by atoms with Crippen molar-refractivity contribution in [2.75, 3.05) is 5.32 Å². The van der Waals surface area contributed by atoms with Gasteiger partial charge < -0.3 is 10.4 Å². The van der Waals surface area contributed by atoms with E-state index in [1.807, 2.05) is 6.07 Å². The predicted octanol–water partition coefficient (Wildman–Crippen LogP) is 2.91. The number of anilines is 2. The maximum atomic E-state index is 11.0. The summed E-state index contributed by atoms with van der Waals surface area (Å²) in [6, 6.07) is 11.6. The van der Waals surface area contributed by atoms with Crippen molar-refractivity contribution >= 4 is 23.0 Å². The number of benzene rings is 2. The summed E-state index contributed by atoms with van der Waals surface area (Å²) >= 11 is 0. The van der Waals surface area contributed by atoms with Gasteiger partial charge >= 0.3 is 5.97 Å². The molecule has 2 aromatic rings. The van der Waals surface area contributed by atoms with Crippen molar-refractivity contribution in [3.63, 3.8) is 0 Å². The van der Waals surface area contributed by atoms with Crippen LogP contribution in [0.3, 0.4) is 0 Å². The lowest BCUT2D eigenvalue weighted by molar-refractivity contribution is -0.383. The molecular formula is C14H9N3O4. The number of nitro benzene ring substituents is 1. The number of nitrogens with zero attached hydrogens (tertiary/aromatic N) is 2. The van der Waals surface area contributed by atoms with Crippen LogP contribution in [0, 0.1) is 21.4 Å². The quantitative estimate of drug-likeness (QED) is 0.658. The molecule has 0 saturated heterocycles. The summed E-state index contributed by atoms with van der Waals surface area (Å²) in [6.07, 6.45) is 0. The molecule has 104 valence electrons. The second-order valence-corrected chi connectivity index (χ2v) is 4.11. The van der Waals surface area contributed by atoms with E-state index in [-0.39, 0.29) is 22.5 Å². The van der Waals surface area contributed by atoms with Gasteiger partial charge in [0.15, 0.2) is 0 Å². The molecule has 2 N–H and O–H groups in total. The zero-order valence-corrected chi connectivity index (χ0v) is 10.6. The minimum atomic E-state index is -1.06. The number of hydrogen-bond donors (Lipinski definition) is 2. The van der Waals surface area contributed by atoms with E-state index in [9.17, 15) is 14.9 Å². The first-order chi connectivity index (χ1) is 10.0. The third kappa shape index (κ3) is 3.13. The van der Waals surface area contributed by atoms with E-state index in [1.165, 1.54) is 42.5 Å². The summed E-state index contributed by atoms with van der Waals surface area (Å²) in [5.74, 6) is -1.06. The second-order valence-electron chi connectivity index (χ2n) is 4.11. The predicted molar refractivity (Wildman–Crippen MR) is 74.5 cm³/mol. The van der Waals surface area contributed by atoms with Crippen LogP contribution in [0.15, 0.2) is 42.5 Å². The maximum Gasteiger partial charge on any atom is 0.335 e. The highest BCUT2D eigenvalue weighted by molar-refractivity contribution is 5.88. The molecule has 0 spiro atoms. The summed E-state index contributed by atoms with van der Waals surface area (Å²) in [5, 5.41) is 31.4. The Balaban J connectivity index is 2.36. The highest BCUT2D eigenvalue weighted by Crippen LogP contribution is 2.28. The Morgan fingerprint density at radius 1 is 1.24 bits per heavy atom. The minimum absolute atomic E-state index is 0.112. The minimum Gasteiger partial charge on any atom is -0.478 e. The van der Waals surface area contributed by atoms with Crippen molar-refractivity contribution in [3.8, 4) is 6.07 Å². The number of nitrogens with one attached hydrogen (secondary N) is 1. The molecule has 7 nitrogen and oxygen atoms in total. The second kappa shape index (κ2) is 5.71. The molecule has 2 aromatic carbocycles. The Labute approximate surface area is 119 Å². The van der Waals surface area contributed by atoms with Gasteiger partial charge in [-0.05, 0) is 36.4 Å². The SMILES string of the molecule is N#Cc1ccc([N+](=O)[O-])c(Nc2ccc(C(=O)O)cc2)c1. The number of nitriles is 1. The molecule has 2 rings (SSSR count). The first kappa shape index (κ1) is 14.0. The van der Waals surface area contributed by atoms with Crippen LogP contribution in [0.5, 0.6) is 0 Å². The van der Waals surface area contributed by atoms with Gasteiger partial charge in [0.1, 0.15) is 5.69 Å². The largest absolute Gasteiger partial charge is 0.478 e. The van der Waals surface area contributed by atoms with Crippen LogP contribution in [-0.2, 0) is 0 Å². The number of nitro groups is 1. The molecule has 0 heterocycles. The first-order valence-electron chi connectivity index (χ1n) is 5.80. The summed E-state index contributed by atoms with van der Waals surface area (Å²) in [4.78, 5) is 21.2. The van der Waals surface area contributed by atoms with Crippen LogP contribution in [-0.4, -0.2) is 16.0 Å². The molecule has 0 aliphatic carbocycles. The van der Waals surface area contributed by atoms with Gasteiger partial charge in [0, 0.05) is 11.8 Å². The molecule has 0 aliphatic rings. The fourth-order valence-electron chi connectivity index (χ4n) is 1.72. The monoisotopic (exact) mass is 283 g/mol. The standard InChI is InChI=1S/C14H9N3O4/c15-8-9-1-6-13(17(20)21)12(7-9)16-11-4-2-10(3-5-11)14(18)19/h1-7,16H,(H,18,19). The van der Waals surface area contributed by atoms with E-state index in [2.05, 4.69) is 5.32 Å². The summed E-state index contributed by atoms with van der Waals surface area (Å²) < 4.78 is 0. The summed E-state index contributed by atoms with van der Waals surface area (Å²) in [5.41, 5.74) is 0.878. The fraction of sp³-hybridized carbons (Fsp3) is 0. The summed E-state index contributed by atoms with van der Waals surface area (Å²) in [7, 11) is 0. The molecule has 21 heavy (non-hydrogen) atoms. The van der Waals surface area contributed by atoms with Gasteiger partial charge in [0.2, 0.25) is 0 Å². The Morgan fingerprint density at radius 2 is 1.90 bits per heavy atom. The van der Waals surface area contributed by atoms with Gasteiger partial charge in [-0.3, -0.25) is 10.1 Å². The Morgan fingerprint density at radius 3 is 2.43 bits per heavy atom. The number of carboxylic acids is 1. The average Bonchev–Trinajstić information content (AvgIpc) is 2.47. The zero-order chi connectivity index (χ0) is 15.4. The normalized spacial score (nSPS) is 9.67. The number of hydrogen-bond acceptors (Lipinski definition) is 5. The van der Waals surface area contributed by atoms with Crippen molar-refractivity contribution in [2.45, 2.75) is 0 Å². The van der Waals surface area contributed by atoms with Crippen LogP contribution in [0.2, 0.25) is 0 Å². The van der Waals surface area contributed by atoms with E-state index in [0.717, 1.165) is 0 Å². The lowest BCUT2D eigenvalue weighted by Crippen LogP contribution is -1.99. The van der Waals surface area contributed by atoms with Gasteiger partial charge in [-0.15, -0.1) is 0 Å². The van der Waals surface area contributed by atoms with Crippen LogP contribution in [0.25, 0.3) is 0 Å². The van der Waals surface area contributed by atoms with E-state index < -0.39 is 10.9 Å². The van der Waals surface area contributed by atoms with E-state index in [1.54, 1.807) is 0 Å². The molecule has 7 heteroatoms. The Kier molecular flexibility index (Phi) is 3.81. The van der Waals surface area contributed by atoms with Crippen molar-refractivity contribution in [2.24, 2.45) is 0 Å². The lowest BCUT2D eigenvalue weighted by Gasteiger charge is -2.07. The van der Waals surface area contributed by atoms with Gasteiger partial charge in [0.05, 0.1) is 22.1 Å². The van der Waals surface area contributed by atoms with Crippen molar-refractivity contribution < 1.29 is 14.8 Å². The molecular weight excluding hydrogens is 274 g/mol. The van der Waals surface area contributed by atoms with Crippen molar-refractivity contribution in [3.05, 3.63) is 63.7 Å². The van der Waals surface area contributed by atoms with Gasteiger partial charge in [-0.1, -0.05) is 0 Å². The van der Waals surface area contributed by atoms with Gasteiger partial charge in [-0.25, -0.2) is 4.79 Å². The molecule has 0 fully saturated rings. The molecule has 0 aromatic heterocycles. The number of carboxylic acid groups (broad SMARTS) is 1. The molecule has 0 unspecified atom stereocenters. The van der Waals surface area contributed by atoms with E-state index >= 15 is 0 Å². The third-order valence-electron chi connectivity index (χ3n) is 2.73. The molecule has 0 radical (unpaired) electrons. The van der Waals surface area contributed by atoms with E-state index in [4.69, 9.17) is 10.4 Å². The number of aromatic carboxylic acids is 1. The van der Waals surface area contributed by atoms with Gasteiger partial charge in [-0.2, -0.15) is 5.26 Å². The third-order valence-corrected chi connectivity index (χ3v) is 2.73. The molecule has 0 atom stereocenters. The molecule has 0 saturated carbocycles. The highest BCUT2D eigenvalue weighted by Gasteiger charge is 2.14. The smallest absolute Gasteiger partial charge is 0.335 e. The Hall–Kier alpha value is -3.40. The number of carbonyl (C=O) groups is 1. The number of rotatable bonds is 4. The lowest BCUT2D eigenvalue weighted by atomic mass is 10.1. The van der Waals surface area contributed by atoms with Crippen LogP contribution < -0.4 is 5.32 Å². The maximum absolute atomic E-state index is 11.0. The van der Waals surface area contributed by atoms with Crippen molar-refractivity contribution in [1.29, 1.82) is 5.26 Å². The topological polar surface area (TPSA) is 116 Å². The van der Waals surface area contributed by atoms with E-state index in [0.29, 0.717) is 5.69 Å².